The highest BCUT2D eigenvalue weighted by atomic mass is 16.5. The average Bonchev–Trinajstić information content (AvgIpc) is 2.64. The molecule has 1 aliphatic heterocycles. The molecule has 0 unspecified atom stereocenters. The Morgan fingerprint density at radius 3 is 2.59 bits per heavy atom. The lowest BCUT2D eigenvalue weighted by Gasteiger charge is -2.28. The van der Waals surface area contributed by atoms with Crippen LogP contribution in [0.2, 0.25) is 0 Å². The van der Waals surface area contributed by atoms with Crippen molar-refractivity contribution in [2.75, 3.05) is 23.4 Å². The van der Waals surface area contributed by atoms with E-state index in [1.165, 1.54) is 0 Å². The lowest BCUT2D eigenvalue weighted by Crippen LogP contribution is -2.35. The quantitative estimate of drug-likeness (QED) is 0.838. The number of hydrogen-bond acceptors (Lipinski definition) is 3. The van der Waals surface area contributed by atoms with Gasteiger partial charge in [-0.05, 0) is 68.1 Å². The summed E-state index contributed by atoms with van der Waals surface area (Å²) in [6, 6.07) is 13.3. The number of piperidine rings is 1. The molecule has 0 aromatic heterocycles. The lowest BCUT2D eigenvalue weighted by molar-refractivity contribution is -0.119. The van der Waals surface area contributed by atoms with Gasteiger partial charge >= 0.3 is 0 Å². The largest absolute Gasteiger partial charge is 0.494 e. The summed E-state index contributed by atoms with van der Waals surface area (Å²) < 4.78 is 5.41. The summed E-state index contributed by atoms with van der Waals surface area (Å²) in [7, 11) is 0. The van der Waals surface area contributed by atoms with Crippen molar-refractivity contribution < 1.29 is 14.3 Å². The first-order chi connectivity index (χ1) is 13.1. The number of ether oxygens (including phenoxy) is 1. The third-order valence-corrected chi connectivity index (χ3v) is 4.69. The maximum absolute atomic E-state index is 12.3. The van der Waals surface area contributed by atoms with E-state index in [4.69, 9.17) is 4.74 Å². The molecule has 1 aliphatic rings. The summed E-state index contributed by atoms with van der Waals surface area (Å²) in [5.41, 5.74) is 3.60. The maximum Gasteiger partial charge on any atom is 0.228 e. The summed E-state index contributed by atoms with van der Waals surface area (Å²) in [5, 5.41) is 2.94. The Kier molecular flexibility index (Phi) is 6.12. The second-order valence-corrected chi connectivity index (χ2v) is 6.81. The van der Waals surface area contributed by atoms with Crippen LogP contribution in [-0.2, 0) is 16.0 Å². The van der Waals surface area contributed by atoms with Crippen LogP contribution < -0.4 is 15.0 Å². The van der Waals surface area contributed by atoms with Gasteiger partial charge in [-0.3, -0.25) is 9.59 Å². The number of carbonyl (C=O) groups is 2. The molecule has 0 saturated carbocycles. The molecule has 2 aromatic carbocycles. The SMILES string of the molecule is CCOc1ccc(CC(=O)Nc2ccc(N3CCCCC3=O)c(C)c2)cc1. The van der Waals surface area contributed by atoms with E-state index in [2.05, 4.69) is 5.32 Å². The molecule has 1 saturated heterocycles. The van der Waals surface area contributed by atoms with Crippen LogP contribution >= 0.6 is 0 Å². The molecular weight excluding hydrogens is 340 g/mol. The van der Waals surface area contributed by atoms with Crippen LogP contribution in [0.5, 0.6) is 5.75 Å². The van der Waals surface area contributed by atoms with Crippen molar-refractivity contribution in [3.05, 3.63) is 53.6 Å². The van der Waals surface area contributed by atoms with E-state index in [1.807, 2.05) is 61.2 Å². The maximum atomic E-state index is 12.3. The van der Waals surface area contributed by atoms with E-state index in [-0.39, 0.29) is 11.8 Å². The van der Waals surface area contributed by atoms with Gasteiger partial charge in [0.15, 0.2) is 0 Å². The smallest absolute Gasteiger partial charge is 0.228 e. The zero-order valence-corrected chi connectivity index (χ0v) is 16.0. The highest BCUT2D eigenvalue weighted by Crippen LogP contribution is 2.27. The van der Waals surface area contributed by atoms with Crippen LogP contribution in [-0.4, -0.2) is 25.0 Å². The normalized spacial score (nSPS) is 14.1. The van der Waals surface area contributed by atoms with Gasteiger partial charge in [-0.25, -0.2) is 0 Å². The van der Waals surface area contributed by atoms with Gasteiger partial charge < -0.3 is 15.0 Å². The van der Waals surface area contributed by atoms with Gasteiger partial charge in [-0.1, -0.05) is 12.1 Å². The fourth-order valence-electron chi connectivity index (χ4n) is 3.36. The van der Waals surface area contributed by atoms with Crippen molar-refractivity contribution in [1.82, 2.24) is 0 Å². The molecule has 0 bridgehead atoms. The number of anilines is 2. The fraction of sp³-hybridized carbons (Fsp3) is 0.364. The number of benzene rings is 2. The first kappa shape index (κ1) is 19.0. The highest BCUT2D eigenvalue weighted by molar-refractivity contribution is 5.96. The summed E-state index contributed by atoms with van der Waals surface area (Å²) in [5.74, 6) is 0.914. The van der Waals surface area contributed by atoms with Gasteiger partial charge in [0.05, 0.1) is 13.0 Å². The molecule has 0 atom stereocenters. The van der Waals surface area contributed by atoms with Gasteiger partial charge in [0.25, 0.3) is 0 Å². The minimum Gasteiger partial charge on any atom is -0.494 e. The second-order valence-electron chi connectivity index (χ2n) is 6.81. The second kappa shape index (κ2) is 8.71. The molecule has 142 valence electrons. The van der Waals surface area contributed by atoms with Gasteiger partial charge in [0.1, 0.15) is 5.75 Å². The Labute approximate surface area is 160 Å². The molecule has 1 fully saturated rings. The molecule has 0 spiro atoms. The Hall–Kier alpha value is -2.82. The molecule has 5 heteroatoms. The number of aryl methyl sites for hydroxylation is 1. The van der Waals surface area contributed by atoms with Crippen molar-refractivity contribution in [2.24, 2.45) is 0 Å². The van der Waals surface area contributed by atoms with E-state index in [9.17, 15) is 9.59 Å². The van der Waals surface area contributed by atoms with E-state index >= 15 is 0 Å². The van der Waals surface area contributed by atoms with Gasteiger partial charge in [-0.2, -0.15) is 0 Å². The number of hydrogen-bond donors (Lipinski definition) is 1. The Bertz CT molecular complexity index is 815. The number of nitrogens with zero attached hydrogens (tertiary/aromatic N) is 1. The molecule has 0 radical (unpaired) electrons. The zero-order chi connectivity index (χ0) is 19.2. The topological polar surface area (TPSA) is 58.6 Å². The van der Waals surface area contributed by atoms with Crippen molar-refractivity contribution in [2.45, 2.75) is 39.5 Å². The number of nitrogens with one attached hydrogen (secondary N) is 1. The average molecular weight is 366 g/mol. The molecule has 1 heterocycles. The van der Waals surface area contributed by atoms with Crippen LogP contribution in [0.3, 0.4) is 0 Å². The number of rotatable bonds is 6. The molecule has 27 heavy (non-hydrogen) atoms. The van der Waals surface area contributed by atoms with E-state index in [0.717, 1.165) is 47.6 Å². The number of amides is 2. The first-order valence-electron chi connectivity index (χ1n) is 9.49. The minimum atomic E-state index is -0.0691. The molecular formula is C22H26N2O3. The van der Waals surface area contributed by atoms with Gasteiger partial charge in [-0.15, -0.1) is 0 Å². The van der Waals surface area contributed by atoms with Gasteiger partial charge in [0.2, 0.25) is 11.8 Å². The van der Waals surface area contributed by atoms with Crippen LogP contribution in [0.15, 0.2) is 42.5 Å². The molecule has 3 rings (SSSR count). The summed E-state index contributed by atoms with van der Waals surface area (Å²) >= 11 is 0. The lowest BCUT2D eigenvalue weighted by atomic mass is 10.1. The predicted octanol–water partition coefficient (Wildman–Crippen LogP) is 4.09. The van der Waals surface area contributed by atoms with Crippen LogP contribution in [0, 0.1) is 6.92 Å². The molecule has 1 N–H and O–H groups in total. The van der Waals surface area contributed by atoms with Crippen molar-refractivity contribution >= 4 is 23.2 Å². The highest BCUT2D eigenvalue weighted by Gasteiger charge is 2.21. The molecule has 0 aliphatic carbocycles. The van der Waals surface area contributed by atoms with Crippen molar-refractivity contribution in [3.63, 3.8) is 0 Å². The summed E-state index contributed by atoms with van der Waals surface area (Å²) in [6.07, 6.45) is 2.91. The Morgan fingerprint density at radius 2 is 1.93 bits per heavy atom. The Morgan fingerprint density at radius 1 is 1.15 bits per heavy atom. The molecule has 2 amide bonds. The van der Waals surface area contributed by atoms with E-state index < -0.39 is 0 Å². The van der Waals surface area contributed by atoms with E-state index in [1.54, 1.807) is 0 Å². The third kappa shape index (κ3) is 4.88. The molecule has 5 nitrogen and oxygen atoms in total. The minimum absolute atomic E-state index is 0.0691. The third-order valence-electron chi connectivity index (χ3n) is 4.69. The van der Waals surface area contributed by atoms with Crippen LogP contribution in [0.1, 0.15) is 37.3 Å². The van der Waals surface area contributed by atoms with Gasteiger partial charge in [0, 0.05) is 24.3 Å². The van der Waals surface area contributed by atoms with Crippen LogP contribution in [0.25, 0.3) is 0 Å². The summed E-state index contributed by atoms with van der Waals surface area (Å²) in [6.45, 7) is 5.30. The number of carbonyl (C=O) groups excluding carboxylic acids is 2. The fourth-order valence-corrected chi connectivity index (χ4v) is 3.36. The first-order valence-corrected chi connectivity index (χ1v) is 9.49. The monoisotopic (exact) mass is 366 g/mol. The van der Waals surface area contributed by atoms with E-state index in [0.29, 0.717) is 19.4 Å². The predicted molar refractivity (Wildman–Crippen MR) is 107 cm³/mol. The van der Waals surface area contributed by atoms with Crippen LogP contribution in [0.4, 0.5) is 11.4 Å². The Balaban J connectivity index is 1.62. The van der Waals surface area contributed by atoms with Crippen molar-refractivity contribution in [3.8, 4) is 5.75 Å². The summed E-state index contributed by atoms with van der Waals surface area (Å²) in [4.78, 5) is 26.3. The molecule has 2 aromatic rings. The van der Waals surface area contributed by atoms with Crippen molar-refractivity contribution in [1.29, 1.82) is 0 Å². The zero-order valence-electron chi connectivity index (χ0n) is 16.0. The standard InChI is InChI=1S/C22H26N2O3/c1-3-27-19-10-7-17(8-11-19)15-21(25)23-18-9-12-20(16(2)14-18)24-13-5-4-6-22(24)26/h7-12,14H,3-6,13,15H2,1-2H3,(H,23,25).